The van der Waals surface area contributed by atoms with Crippen LogP contribution in [0.2, 0.25) is 0 Å². The van der Waals surface area contributed by atoms with Crippen molar-refractivity contribution in [3.8, 4) is 0 Å². The van der Waals surface area contributed by atoms with Gasteiger partial charge in [0.05, 0.1) is 6.61 Å². The lowest BCUT2D eigenvalue weighted by molar-refractivity contribution is 0.282. The Bertz CT molecular complexity index is 138. The molecule has 0 bridgehead atoms. The lowest BCUT2D eigenvalue weighted by atomic mass is 10.3. The van der Waals surface area contributed by atoms with Gasteiger partial charge in [0.1, 0.15) is 0 Å². The molecule has 12 heavy (non-hydrogen) atoms. The first-order valence-electron chi connectivity index (χ1n) is 4.54. The van der Waals surface area contributed by atoms with Crippen LogP contribution in [0.15, 0.2) is 12.7 Å². The predicted octanol–water partition coefficient (Wildman–Crippen LogP) is -0.171. The number of aliphatic hydroxyl groups excluding tert-OH is 1. The van der Waals surface area contributed by atoms with Crippen molar-refractivity contribution in [1.82, 2.24) is 10.2 Å². The molecule has 0 aromatic heterocycles. The summed E-state index contributed by atoms with van der Waals surface area (Å²) in [6.45, 7) is 7.88. The van der Waals surface area contributed by atoms with E-state index in [4.69, 9.17) is 5.11 Å². The average Bonchev–Trinajstić information content (AvgIpc) is 2.50. The molecule has 1 aliphatic rings. The average molecular weight is 170 g/mol. The largest absolute Gasteiger partial charge is 0.395 e. The fourth-order valence-electron chi connectivity index (χ4n) is 1.62. The standard InChI is InChI=1S/C9H18N2O/c1-2-5-11-6-3-9(8-11)10-4-7-12/h2,9-10,12H,1,3-8H2. The highest BCUT2D eigenvalue weighted by Gasteiger charge is 2.19. The van der Waals surface area contributed by atoms with Gasteiger partial charge < -0.3 is 10.4 Å². The zero-order chi connectivity index (χ0) is 8.81. The molecule has 0 aromatic rings. The molecule has 1 atom stereocenters. The van der Waals surface area contributed by atoms with E-state index in [1.165, 1.54) is 6.42 Å². The van der Waals surface area contributed by atoms with Gasteiger partial charge in [-0.1, -0.05) is 6.08 Å². The number of aliphatic hydroxyl groups is 1. The summed E-state index contributed by atoms with van der Waals surface area (Å²) in [5, 5.41) is 11.9. The summed E-state index contributed by atoms with van der Waals surface area (Å²) in [4.78, 5) is 2.36. The van der Waals surface area contributed by atoms with Crippen molar-refractivity contribution >= 4 is 0 Å². The van der Waals surface area contributed by atoms with Gasteiger partial charge in [0.2, 0.25) is 0 Å². The molecule has 0 spiro atoms. The molecule has 0 saturated carbocycles. The number of hydrogen-bond donors (Lipinski definition) is 2. The molecular weight excluding hydrogens is 152 g/mol. The van der Waals surface area contributed by atoms with Crippen molar-refractivity contribution in [1.29, 1.82) is 0 Å². The minimum absolute atomic E-state index is 0.234. The third kappa shape index (κ3) is 2.93. The van der Waals surface area contributed by atoms with Gasteiger partial charge in [0.25, 0.3) is 0 Å². The van der Waals surface area contributed by atoms with E-state index in [1.54, 1.807) is 0 Å². The highest BCUT2D eigenvalue weighted by Crippen LogP contribution is 2.07. The van der Waals surface area contributed by atoms with Crippen molar-refractivity contribution in [2.75, 3.05) is 32.8 Å². The number of hydrogen-bond acceptors (Lipinski definition) is 3. The molecule has 0 aliphatic carbocycles. The Morgan fingerprint density at radius 1 is 1.67 bits per heavy atom. The van der Waals surface area contributed by atoms with Crippen LogP contribution in [-0.2, 0) is 0 Å². The quantitative estimate of drug-likeness (QED) is 0.562. The summed E-state index contributed by atoms with van der Waals surface area (Å²) in [7, 11) is 0. The maximum absolute atomic E-state index is 8.60. The second-order valence-electron chi connectivity index (χ2n) is 3.21. The number of nitrogens with one attached hydrogen (secondary N) is 1. The van der Waals surface area contributed by atoms with Gasteiger partial charge in [-0.15, -0.1) is 6.58 Å². The second-order valence-corrected chi connectivity index (χ2v) is 3.21. The van der Waals surface area contributed by atoms with Gasteiger partial charge in [-0.25, -0.2) is 0 Å². The Hall–Kier alpha value is -0.380. The first-order chi connectivity index (χ1) is 5.86. The summed E-state index contributed by atoms with van der Waals surface area (Å²) in [6.07, 6.45) is 3.13. The summed E-state index contributed by atoms with van der Waals surface area (Å²) in [5.41, 5.74) is 0. The molecule has 0 amide bonds. The van der Waals surface area contributed by atoms with E-state index >= 15 is 0 Å². The minimum atomic E-state index is 0.234. The maximum atomic E-state index is 8.60. The van der Waals surface area contributed by atoms with Gasteiger partial charge in [0, 0.05) is 32.2 Å². The first-order valence-corrected chi connectivity index (χ1v) is 4.54. The minimum Gasteiger partial charge on any atom is -0.395 e. The zero-order valence-electron chi connectivity index (χ0n) is 7.50. The van der Waals surface area contributed by atoms with E-state index in [1.807, 2.05) is 6.08 Å². The fourth-order valence-corrected chi connectivity index (χ4v) is 1.62. The number of nitrogens with zero attached hydrogens (tertiary/aromatic N) is 1. The molecule has 1 heterocycles. The van der Waals surface area contributed by atoms with E-state index in [9.17, 15) is 0 Å². The molecule has 1 aliphatic heterocycles. The van der Waals surface area contributed by atoms with Crippen LogP contribution in [0.25, 0.3) is 0 Å². The lowest BCUT2D eigenvalue weighted by Crippen LogP contribution is -2.34. The summed E-state index contributed by atoms with van der Waals surface area (Å²) < 4.78 is 0. The third-order valence-corrected chi connectivity index (χ3v) is 2.20. The Labute approximate surface area is 74.1 Å². The van der Waals surface area contributed by atoms with E-state index in [-0.39, 0.29) is 6.61 Å². The highest BCUT2D eigenvalue weighted by molar-refractivity contribution is 4.84. The van der Waals surface area contributed by atoms with E-state index < -0.39 is 0 Å². The first kappa shape index (κ1) is 9.71. The van der Waals surface area contributed by atoms with Gasteiger partial charge in [-0.2, -0.15) is 0 Å². The molecule has 2 N–H and O–H groups in total. The van der Waals surface area contributed by atoms with Crippen molar-refractivity contribution in [2.45, 2.75) is 12.5 Å². The molecule has 1 saturated heterocycles. The molecule has 1 rings (SSSR count). The summed E-state index contributed by atoms with van der Waals surface area (Å²) >= 11 is 0. The van der Waals surface area contributed by atoms with E-state index in [0.717, 1.165) is 19.6 Å². The highest BCUT2D eigenvalue weighted by atomic mass is 16.3. The van der Waals surface area contributed by atoms with Gasteiger partial charge in [-0.3, -0.25) is 4.90 Å². The van der Waals surface area contributed by atoms with E-state index in [2.05, 4.69) is 16.8 Å². The van der Waals surface area contributed by atoms with Crippen LogP contribution in [0.3, 0.4) is 0 Å². The molecule has 0 aromatic carbocycles. The second kappa shape index (κ2) is 5.30. The molecule has 70 valence electrons. The molecule has 1 fully saturated rings. The molecule has 3 heteroatoms. The number of likely N-dealkylation sites (tertiary alicyclic amines) is 1. The van der Waals surface area contributed by atoms with Crippen molar-refractivity contribution in [2.24, 2.45) is 0 Å². The van der Waals surface area contributed by atoms with Crippen LogP contribution in [0, 0.1) is 0 Å². The van der Waals surface area contributed by atoms with E-state index in [0.29, 0.717) is 12.6 Å². The van der Waals surface area contributed by atoms with Crippen LogP contribution in [0.4, 0.5) is 0 Å². The summed E-state index contributed by atoms with van der Waals surface area (Å²) in [6, 6.07) is 0.567. The normalized spacial score (nSPS) is 24.6. The van der Waals surface area contributed by atoms with Crippen molar-refractivity contribution in [3.63, 3.8) is 0 Å². The predicted molar refractivity (Wildman–Crippen MR) is 50.1 cm³/mol. The monoisotopic (exact) mass is 170 g/mol. The van der Waals surface area contributed by atoms with Crippen LogP contribution < -0.4 is 5.32 Å². The zero-order valence-corrected chi connectivity index (χ0v) is 7.50. The lowest BCUT2D eigenvalue weighted by Gasteiger charge is -2.13. The number of rotatable bonds is 5. The van der Waals surface area contributed by atoms with Gasteiger partial charge in [-0.05, 0) is 6.42 Å². The fraction of sp³-hybridized carbons (Fsp3) is 0.778. The molecular formula is C9H18N2O. The molecule has 0 radical (unpaired) electrons. The smallest absolute Gasteiger partial charge is 0.0556 e. The Morgan fingerprint density at radius 2 is 2.50 bits per heavy atom. The summed E-state index contributed by atoms with van der Waals surface area (Å²) in [5.74, 6) is 0. The van der Waals surface area contributed by atoms with Crippen molar-refractivity contribution in [3.05, 3.63) is 12.7 Å². The Balaban J connectivity index is 2.12. The third-order valence-electron chi connectivity index (χ3n) is 2.20. The SMILES string of the molecule is C=CCN1CCC(NCCO)C1. The topological polar surface area (TPSA) is 35.5 Å². The maximum Gasteiger partial charge on any atom is 0.0556 e. The van der Waals surface area contributed by atoms with Crippen LogP contribution in [0.5, 0.6) is 0 Å². The molecule has 3 nitrogen and oxygen atoms in total. The van der Waals surface area contributed by atoms with Crippen LogP contribution in [0.1, 0.15) is 6.42 Å². The van der Waals surface area contributed by atoms with Gasteiger partial charge in [0.15, 0.2) is 0 Å². The van der Waals surface area contributed by atoms with Crippen LogP contribution >= 0.6 is 0 Å². The van der Waals surface area contributed by atoms with Crippen LogP contribution in [-0.4, -0.2) is 48.8 Å². The Morgan fingerprint density at radius 3 is 3.17 bits per heavy atom. The van der Waals surface area contributed by atoms with Gasteiger partial charge >= 0.3 is 0 Å². The molecule has 1 unspecified atom stereocenters. The van der Waals surface area contributed by atoms with Crippen molar-refractivity contribution < 1.29 is 5.11 Å². The Kier molecular flexibility index (Phi) is 4.29.